The summed E-state index contributed by atoms with van der Waals surface area (Å²) in [6, 6.07) is 14.6. The van der Waals surface area contributed by atoms with Gasteiger partial charge in [-0.3, -0.25) is 4.99 Å². The Balaban J connectivity index is 2.05. The van der Waals surface area contributed by atoms with E-state index in [2.05, 4.69) is 48.3 Å². The standard InChI is InChI=1S/C15H13NO/c1-11-2-4-12(5-3-11)13-6-7-15-14(10-13)16-8-9-17-15/h2-8,10H,9H2,1H3. The Kier molecular flexibility index (Phi) is 2.41. The Bertz CT molecular complexity index is 570. The Labute approximate surface area is 101 Å². The van der Waals surface area contributed by atoms with Crippen molar-refractivity contribution in [3.05, 3.63) is 48.0 Å². The Morgan fingerprint density at radius 3 is 2.59 bits per heavy atom. The zero-order valence-electron chi connectivity index (χ0n) is 9.68. The lowest BCUT2D eigenvalue weighted by atomic mass is 10.0. The fourth-order valence-electron chi connectivity index (χ4n) is 1.93. The van der Waals surface area contributed by atoms with Crippen molar-refractivity contribution in [2.24, 2.45) is 4.99 Å². The zero-order valence-corrected chi connectivity index (χ0v) is 9.68. The first-order chi connectivity index (χ1) is 8.33. The van der Waals surface area contributed by atoms with Crippen LogP contribution in [-0.2, 0) is 0 Å². The van der Waals surface area contributed by atoms with Crippen molar-refractivity contribution in [1.29, 1.82) is 0 Å². The molecular weight excluding hydrogens is 210 g/mol. The van der Waals surface area contributed by atoms with Gasteiger partial charge in [-0.05, 0) is 30.2 Å². The molecule has 0 saturated carbocycles. The molecule has 1 heterocycles. The number of aliphatic imine (C=N–C) groups is 1. The van der Waals surface area contributed by atoms with Crippen molar-refractivity contribution in [1.82, 2.24) is 0 Å². The monoisotopic (exact) mass is 223 g/mol. The van der Waals surface area contributed by atoms with Gasteiger partial charge >= 0.3 is 0 Å². The summed E-state index contributed by atoms with van der Waals surface area (Å²) in [5, 5.41) is 0. The van der Waals surface area contributed by atoms with Crippen molar-refractivity contribution in [3.63, 3.8) is 0 Å². The third-order valence-electron chi connectivity index (χ3n) is 2.89. The van der Waals surface area contributed by atoms with Crippen LogP contribution in [0, 0.1) is 6.92 Å². The van der Waals surface area contributed by atoms with Crippen LogP contribution in [0.1, 0.15) is 5.56 Å². The molecule has 0 saturated heterocycles. The fourth-order valence-corrected chi connectivity index (χ4v) is 1.93. The molecule has 17 heavy (non-hydrogen) atoms. The van der Waals surface area contributed by atoms with E-state index < -0.39 is 0 Å². The predicted octanol–water partition coefficient (Wildman–Crippen LogP) is 3.76. The minimum atomic E-state index is 0.566. The van der Waals surface area contributed by atoms with E-state index in [9.17, 15) is 0 Å². The molecule has 0 N–H and O–H groups in total. The van der Waals surface area contributed by atoms with E-state index in [0.29, 0.717) is 6.61 Å². The van der Waals surface area contributed by atoms with E-state index in [0.717, 1.165) is 11.4 Å². The summed E-state index contributed by atoms with van der Waals surface area (Å²) in [6.07, 6.45) is 1.79. The topological polar surface area (TPSA) is 21.6 Å². The van der Waals surface area contributed by atoms with Crippen LogP contribution in [0.15, 0.2) is 47.5 Å². The molecule has 2 aromatic rings. The van der Waals surface area contributed by atoms with Gasteiger partial charge in [0, 0.05) is 6.21 Å². The van der Waals surface area contributed by atoms with Gasteiger partial charge in [0.15, 0.2) is 0 Å². The first kappa shape index (κ1) is 10.1. The SMILES string of the molecule is Cc1ccc(-c2ccc3c(c2)N=CCO3)cc1. The Hall–Kier alpha value is -2.09. The maximum absolute atomic E-state index is 5.48. The smallest absolute Gasteiger partial charge is 0.145 e. The van der Waals surface area contributed by atoms with Crippen LogP contribution in [0.5, 0.6) is 5.75 Å². The quantitative estimate of drug-likeness (QED) is 0.721. The molecule has 0 bridgehead atoms. The van der Waals surface area contributed by atoms with Gasteiger partial charge in [0.2, 0.25) is 0 Å². The summed E-state index contributed by atoms with van der Waals surface area (Å²) in [5.41, 5.74) is 4.56. The molecule has 0 atom stereocenters. The molecule has 0 radical (unpaired) electrons. The lowest BCUT2D eigenvalue weighted by Gasteiger charge is -2.12. The molecule has 84 valence electrons. The molecule has 0 spiro atoms. The van der Waals surface area contributed by atoms with E-state index in [-0.39, 0.29) is 0 Å². The maximum Gasteiger partial charge on any atom is 0.145 e. The highest BCUT2D eigenvalue weighted by Gasteiger charge is 2.08. The van der Waals surface area contributed by atoms with E-state index in [1.54, 1.807) is 6.21 Å². The number of fused-ring (bicyclic) bond motifs is 1. The van der Waals surface area contributed by atoms with Gasteiger partial charge in [0.05, 0.1) is 0 Å². The van der Waals surface area contributed by atoms with Gasteiger partial charge in [-0.2, -0.15) is 0 Å². The van der Waals surface area contributed by atoms with Crippen molar-refractivity contribution in [3.8, 4) is 16.9 Å². The fraction of sp³-hybridized carbons (Fsp3) is 0.133. The highest BCUT2D eigenvalue weighted by molar-refractivity contribution is 5.76. The van der Waals surface area contributed by atoms with Crippen molar-refractivity contribution in [2.75, 3.05) is 6.61 Å². The van der Waals surface area contributed by atoms with E-state index in [4.69, 9.17) is 4.74 Å². The highest BCUT2D eigenvalue weighted by atomic mass is 16.5. The van der Waals surface area contributed by atoms with Crippen molar-refractivity contribution < 1.29 is 4.74 Å². The van der Waals surface area contributed by atoms with Gasteiger partial charge in [-0.25, -0.2) is 0 Å². The number of benzene rings is 2. The Morgan fingerprint density at radius 2 is 1.76 bits per heavy atom. The number of aryl methyl sites for hydroxylation is 1. The normalized spacial score (nSPS) is 13.0. The molecule has 2 heteroatoms. The van der Waals surface area contributed by atoms with Gasteiger partial charge in [-0.15, -0.1) is 0 Å². The van der Waals surface area contributed by atoms with E-state index in [1.165, 1.54) is 16.7 Å². The number of nitrogens with zero attached hydrogens (tertiary/aromatic N) is 1. The third kappa shape index (κ3) is 1.94. The van der Waals surface area contributed by atoms with Crippen LogP contribution in [0.2, 0.25) is 0 Å². The first-order valence-electron chi connectivity index (χ1n) is 5.69. The number of rotatable bonds is 1. The van der Waals surface area contributed by atoms with Gasteiger partial charge in [0.1, 0.15) is 18.0 Å². The van der Waals surface area contributed by atoms with Crippen LogP contribution in [0.3, 0.4) is 0 Å². The van der Waals surface area contributed by atoms with Crippen LogP contribution < -0.4 is 4.74 Å². The molecule has 0 amide bonds. The second-order valence-electron chi connectivity index (χ2n) is 4.17. The van der Waals surface area contributed by atoms with Crippen molar-refractivity contribution >= 4 is 11.9 Å². The molecule has 3 rings (SSSR count). The summed E-state index contributed by atoms with van der Waals surface area (Å²) in [5.74, 6) is 0.864. The van der Waals surface area contributed by atoms with Crippen LogP contribution in [0.25, 0.3) is 11.1 Å². The van der Waals surface area contributed by atoms with E-state index in [1.807, 2.05) is 6.07 Å². The lowest BCUT2D eigenvalue weighted by Crippen LogP contribution is -2.02. The highest BCUT2D eigenvalue weighted by Crippen LogP contribution is 2.34. The first-order valence-corrected chi connectivity index (χ1v) is 5.69. The molecule has 0 fully saturated rings. The molecular formula is C15H13NO. The average molecular weight is 223 g/mol. The number of hydrogen-bond donors (Lipinski definition) is 0. The summed E-state index contributed by atoms with van der Waals surface area (Å²) in [4.78, 5) is 4.35. The molecule has 2 aromatic carbocycles. The largest absolute Gasteiger partial charge is 0.486 e. The van der Waals surface area contributed by atoms with E-state index >= 15 is 0 Å². The summed E-state index contributed by atoms with van der Waals surface area (Å²) in [7, 11) is 0. The molecule has 0 aliphatic carbocycles. The average Bonchev–Trinajstić information content (AvgIpc) is 2.39. The minimum Gasteiger partial charge on any atom is -0.486 e. The maximum atomic E-state index is 5.48. The molecule has 0 aromatic heterocycles. The number of ether oxygens (including phenoxy) is 1. The van der Waals surface area contributed by atoms with Crippen LogP contribution in [0.4, 0.5) is 5.69 Å². The molecule has 1 aliphatic rings. The lowest BCUT2D eigenvalue weighted by molar-refractivity contribution is 0.377. The minimum absolute atomic E-state index is 0.566. The molecule has 1 aliphatic heterocycles. The third-order valence-corrected chi connectivity index (χ3v) is 2.89. The van der Waals surface area contributed by atoms with Gasteiger partial charge in [-0.1, -0.05) is 35.9 Å². The molecule has 0 unspecified atom stereocenters. The molecule has 2 nitrogen and oxygen atoms in total. The van der Waals surface area contributed by atoms with Crippen molar-refractivity contribution in [2.45, 2.75) is 6.92 Å². The van der Waals surface area contributed by atoms with Crippen LogP contribution >= 0.6 is 0 Å². The van der Waals surface area contributed by atoms with Crippen LogP contribution in [-0.4, -0.2) is 12.8 Å². The second kappa shape index (κ2) is 4.06. The van der Waals surface area contributed by atoms with Gasteiger partial charge < -0.3 is 4.74 Å². The van der Waals surface area contributed by atoms with Gasteiger partial charge in [0.25, 0.3) is 0 Å². The number of hydrogen-bond acceptors (Lipinski definition) is 2. The predicted molar refractivity (Wildman–Crippen MR) is 70.3 cm³/mol. The summed E-state index contributed by atoms with van der Waals surface area (Å²) >= 11 is 0. The summed E-state index contributed by atoms with van der Waals surface area (Å²) in [6.45, 7) is 2.66. The Morgan fingerprint density at radius 1 is 1.00 bits per heavy atom. The zero-order chi connectivity index (χ0) is 11.7. The summed E-state index contributed by atoms with van der Waals surface area (Å²) < 4.78 is 5.48. The second-order valence-corrected chi connectivity index (χ2v) is 4.17.